The largest absolute Gasteiger partial charge is 0.385 e. The highest BCUT2D eigenvalue weighted by molar-refractivity contribution is 5.83. The lowest BCUT2D eigenvalue weighted by molar-refractivity contribution is 1.15. The minimum absolute atomic E-state index is 0.734. The van der Waals surface area contributed by atoms with Gasteiger partial charge in [0.15, 0.2) is 0 Å². The number of nitrogens with two attached hydrogens (primary N) is 1. The van der Waals surface area contributed by atoms with Crippen molar-refractivity contribution in [3.8, 4) is 0 Å². The van der Waals surface area contributed by atoms with Crippen LogP contribution in [0.3, 0.4) is 0 Å². The summed E-state index contributed by atoms with van der Waals surface area (Å²) in [4.78, 5) is 3.09. The number of aromatic amines is 1. The molecule has 0 aliphatic rings. The van der Waals surface area contributed by atoms with Crippen molar-refractivity contribution in [2.24, 2.45) is 0 Å². The predicted octanol–water partition coefficient (Wildman–Crippen LogP) is 2.31. The Morgan fingerprint density at radius 3 is 2.92 bits per heavy atom. The van der Waals surface area contributed by atoms with Gasteiger partial charge in [-0.15, -0.1) is 0 Å². The molecule has 0 atom stereocenters. The monoisotopic (exact) mass is 160 g/mol. The zero-order valence-electron chi connectivity index (χ0n) is 7.09. The average Bonchev–Trinajstić information content (AvgIpc) is 2.43. The number of benzene rings is 1. The van der Waals surface area contributed by atoms with Crippen LogP contribution in [-0.4, -0.2) is 4.98 Å². The van der Waals surface area contributed by atoms with E-state index in [4.69, 9.17) is 5.73 Å². The Hall–Kier alpha value is -1.44. The van der Waals surface area contributed by atoms with Gasteiger partial charge in [-0.1, -0.05) is 13.0 Å². The summed E-state index contributed by atoms with van der Waals surface area (Å²) >= 11 is 0. The maximum atomic E-state index is 5.63. The molecule has 0 amide bonds. The van der Waals surface area contributed by atoms with Crippen LogP contribution < -0.4 is 5.73 Å². The highest BCUT2D eigenvalue weighted by Crippen LogP contribution is 2.18. The third-order valence-electron chi connectivity index (χ3n) is 2.11. The van der Waals surface area contributed by atoms with E-state index in [9.17, 15) is 0 Å². The third-order valence-corrected chi connectivity index (χ3v) is 2.11. The number of nitrogen functional groups attached to an aromatic ring is 1. The SMILES string of the molecule is CCc1ccc2[nH]c(N)cc2c1. The number of aromatic nitrogens is 1. The summed E-state index contributed by atoms with van der Waals surface area (Å²) < 4.78 is 0. The number of hydrogen-bond donors (Lipinski definition) is 2. The van der Waals surface area contributed by atoms with Gasteiger partial charge in [-0.2, -0.15) is 0 Å². The number of fused-ring (bicyclic) bond motifs is 1. The van der Waals surface area contributed by atoms with E-state index < -0.39 is 0 Å². The minimum Gasteiger partial charge on any atom is -0.385 e. The van der Waals surface area contributed by atoms with E-state index in [-0.39, 0.29) is 0 Å². The molecule has 0 aliphatic carbocycles. The van der Waals surface area contributed by atoms with Crippen LogP contribution >= 0.6 is 0 Å². The molecule has 1 aromatic heterocycles. The third kappa shape index (κ3) is 1.05. The molecule has 0 radical (unpaired) electrons. The van der Waals surface area contributed by atoms with Crippen molar-refractivity contribution >= 4 is 16.7 Å². The van der Waals surface area contributed by atoms with Crippen molar-refractivity contribution < 1.29 is 0 Å². The van der Waals surface area contributed by atoms with Crippen LogP contribution in [0, 0.1) is 0 Å². The lowest BCUT2D eigenvalue weighted by Gasteiger charge is -1.94. The summed E-state index contributed by atoms with van der Waals surface area (Å²) in [6.45, 7) is 2.15. The number of hydrogen-bond acceptors (Lipinski definition) is 1. The van der Waals surface area contributed by atoms with Gasteiger partial charge in [0.25, 0.3) is 0 Å². The van der Waals surface area contributed by atoms with Gasteiger partial charge in [0, 0.05) is 10.9 Å². The quantitative estimate of drug-likeness (QED) is 0.660. The van der Waals surface area contributed by atoms with E-state index >= 15 is 0 Å². The average molecular weight is 160 g/mol. The first kappa shape index (κ1) is 7.22. The van der Waals surface area contributed by atoms with Crippen LogP contribution in [0.25, 0.3) is 10.9 Å². The maximum absolute atomic E-state index is 5.63. The Labute approximate surface area is 71.4 Å². The van der Waals surface area contributed by atoms with Crippen molar-refractivity contribution in [3.63, 3.8) is 0 Å². The molecule has 2 rings (SSSR count). The molecule has 0 saturated carbocycles. The fraction of sp³-hybridized carbons (Fsp3) is 0.200. The van der Waals surface area contributed by atoms with E-state index in [1.165, 1.54) is 10.9 Å². The van der Waals surface area contributed by atoms with Gasteiger partial charge >= 0.3 is 0 Å². The molecule has 0 spiro atoms. The van der Waals surface area contributed by atoms with Crippen molar-refractivity contribution in [2.45, 2.75) is 13.3 Å². The molecule has 1 aromatic carbocycles. The van der Waals surface area contributed by atoms with Crippen LogP contribution in [0.5, 0.6) is 0 Å². The standard InChI is InChI=1S/C10H12N2/c1-2-7-3-4-9-8(5-7)6-10(11)12-9/h3-6,12H,2,11H2,1H3. The Kier molecular flexibility index (Phi) is 1.54. The van der Waals surface area contributed by atoms with E-state index in [0.717, 1.165) is 17.8 Å². The van der Waals surface area contributed by atoms with Gasteiger partial charge in [-0.05, 0) is 30.2 Å². The molecule has 12 heavy (non-hydrogen) atoms. The van der Waals surface area contributed by atoms with Crippen molar-refractivity contribution in [1.29, 1.82) is 0 Å². The first-order chi connectivity index (χ1) is 5.79. The summed E-state index contributed by atoms with van der Waals surface area (Å²) in [7, 11) is 0. The fourth-order valence-electron chi connectivity index (χ4n) is 1.42. The summed E-state index contributed by atoms with van der Waals surface area (Å²) in [6, 6.07) is 8.33. The first-order valence-corrected chi connectivity index (χ1v) is 4.16. The Bertz CT molecular complexity index is 401. The lowest BCUT2D eigenvalue weighted by atomic mass is 10.1. The highest BCUT2D eigenvalue weighted by Gasteiger charge is 1.97. The van der Waals surface area contributed by atoms with E-state index in [2.05, 4.69) is 30.1 Å². The van der Waals surface area contributed by atoms with Crippen LogP contribution in [0.2, 0.25) is 0 Å². The molecule has 2 heteroatoms. The molecule has 0 unspecified atom stereocenters. The molecular formula is C10H12N2. The molecule has 1 heterocycles. The summed E-state index contributed by atoms with van der Waals surface area (Å²) in [6.07, 6.45) is 1.07. The Morgan fingerprint density at radius 1 is 1.33 bits per heavy atom. The molecule has 0 bridgehead atoms. The normalized spacial score (nSPS) is 10.8. The number of nitrogens with one attached hydrogen (secondary N) is 1. The first-order valence-electron chi connectivity index (χ1n) is 4.16. The maximum Gasteiger partial charge on any atom is 0.101 e. The number of aryl methyl sites for hydroxylation is 1. The smallest absolute Gasteiger partial charge is 0.101 e. The summed E-state index contributed by atoms with van der Waals surface area (Å²) in [5, 5.41) is 1.20. The molecule has 62 valence electrons. The molecule has 2 aromatic rings. The molecule has 3 N–H and O–H groups in total. The minimum atomic E-state index is 0.734. The van der Waals surface area contributed by atoms with Gasteiger partial charge in [-0.25, -0.2) is 0 Å². The zero-order valence-corrected chi connectivity index (χ0v) is 7.09. The van der Waals surface area contributed by atoms with Crippen LogP contribution in [0.15, 0.2) is 24.3 Å². The summed E-state index contributed by atoms with van der Waals surface area (Å²) in [5.41, 5.74) is 8.09. The van der Waals surface area contributed by atoms with Crippen LogP contribution in [0.4, 0.5) is 5.82 Å². The van der Waals surface area contributed by atoms with E-state index in [1.54, 1.807) is 0 Å². The molecular weight excluding hydrogens is 148 g/mol. The topological polar surface area (TPSA) is 41.8 Å². The highest BCUT2D eigenvalue weighted by atomic mass is 14.8. The van der Waals surface area contributed by atoms with Gasteiger partial charge in [0.2, 0.25) is 0 Å². The second kappa shape index (κ2) is 2.55. The van der Waals surface area contributed by atoms with Crippen molar-refractivity contribution in [1.82, 2.24) is 4.98 Å². The van der Waals surface area contributed by atoms with Gasteiger partial charge < -0.3 is 10.7 Å². The molecule has 2 nitrogen and oxygen atoms in total. The molecule has 0 fully saturated rings. The zero-order chi connectivity index (χ0) is 8.55. The fourth-order valence-corrected chi connectivity index (χ4v) is 1.42. The van der Waals surface area contributed by atoms with Crippen LogP contribution in [0.1, 0.15) is 12.5 Å². The number of anilines is 1. The van der Waals surface area contributed by atoms with Crippen LogP contribution in [-0.2, 0) is 6.42 Å². The second-order valence-electron chi connectivity index (χ2n) is 3.00. The van der Waals surface area contributed by atoms with Crippen molar-refractivity contribution in [3.05, 3.63) is 29.8 Å². The summed E-state index contributed by atoms with van der Waals surface area (Å²) in [5.74, 6) is 0.734. The Morgan fingerprint density at radius 2 is 2.17 bits per heavy atom. The Balaban J connectivity index is 2.66. The van der Waals surface area contributed by atoms with Gasteiger partial charge in [0.05, 0.1) is 0 Å². The molecule has 0 saturated heterocycles. The predicted molar refractivity (Wildman–Crippen MR) is 52.1 cm³/mol. The molecule has 0 aliphatic heterocycles. The second-order valence-corrected chi connectivity index (χ2v) is 3.00. The number of rotatable bonds is 1. The lowest BCUT2D eigenvalue weighted by Crippen LogP contribution is -1.80. The van der Waals surface area contributed by atoms with E-state index in [0.29, 0.717) is 0 Å². The number of H-pyrrole nitrogens is 1. The van der Waals surface area contributed by atoms with Crippen molar-refractivity contribution in [2.75, 3.05) is 5.73 Å². The van der Waals surface area contributed by atoms with E-state index in [1.807, 2.05) is 6.07 Å². The van der Waals surface area contributed by atoms with Gasteiger partial charge in [0.1, 0.15) is 5.82 Å². The van der Waals surface area contributed by atoms with Gasteiger partial charge in [-0.3, -0.25) is 0 Å².